The highest BCUT2D eigenvalue weighted by Gasteiger charge is 2.23. The van der Waals surface area contributed by atoms with Gasteiger partial charge in [0.2, 0.25) is 0 Å². The fraction of sp³-hybridized carbons (Fsp3) is 0.455. The van der Waals surface area contributed by atoms with E-state index in [1.54, 1.807) is 0 Å². The van der Waals surface area contributed by atoms with Crippen LogP contribution >= 0.6 is 12.1 Å². The number of likely N-dealkylation sites (tertiary alicyclic amines) is 1. The summed E-state index contributed by atoms with van der Waals surface area (Å²) in [6.07, 6.45) is 9.36. The molecule has 160 valence electrons. The first-order valence-electron chi connectivity index (χ1n) is 10.7. The highest BCUT2D eigenvalue weighted by Crippen LogP contribution is 2.31. The van der Waals surface area contributed by atoms with E-state index >= 15 is 0 Å². The van der Waals surface area contributed by atoms with E-state index in [-0.39, 0.29) is 0 Å². The molecular weight excluding hydrogens is 394 g/mol. The van der Waals surface area contributed by atoms with Crippen LogP contribution in [0.1, 0.15) is 31.2 Å². The molecule has 1 aliphatic carbocycles. The number of hydrogen-bond donors (Lipinski definition) is 4. The summed E-state index contributed by atoms with van der Waals surface area (Å²) in [6.45, 7) is 4.96. The molecule has 5 rings (SSSR count). The molecule has 7 nitrogen and oxygen atoms in total. The average Bonchev–Trinajstić information content (AvgIpc) is 3.12. The summed E-state index contributed by atoms with van der Waals surface area (Å²) in [5, 5.41) is 0.868. The van der Waals surface area contributed by atoms with Gasteiger partial charge in [-0.05, 0) is 62.5 Å². The Balaban J connectivity index is 0.000000200. The van der Waals surface area contributed by atoms with Crippen molar-refractivity contribution >= 4 is 29.0 Å². The SMILES string of the molecule is C1CC(CN2CCC2)C1.CNSNCc1cccc(-c2c[nH]c3ncnc(N)c23)c1. The second-order valence-electron chi connectivity index (χ2n) is 7.96. The van der Waals surface area contributed by atoms with Crippen molar-refractivity contribution in [1.29, 1.82) is 0 Å². The summed E-state index contributed by atoms with van der Waals surface area (Å²) >= 11 is 1.47. The van der Waals surface area contributed by atoms with Gasteiger partial charge >= 0.3 is 0 Å². The van der Waals surface area contributed by atoms with Gasteiger partial charge in [-0.2, -0.15) is 0 Å². The number of aromatic amines is 1. The number of anilines is 1. The lowest BCUT2D eigenvalue weighted by Crippen LogP contribution is -2.41. The third-order valence-electron chi connectivity index (χ3n) is 5.88. The van der Waals surface area contributed by atoms with Crippen molar-refractivity contribution in [3.05, 3.63) is 42.4 Å². The highest BCUT2D eigenvalue weighted by molar-refractivity contribution is 7.95. The number of aromatic nitrogens is 3. The minimum Gasteiger partial charge on any atom is -0.383 e. The number of nitrogens with one attached hydrogen (secondary N) is 3. The van der Waals surface area contributed by atoms with Crippen molar-refractivity contribution in [2.45, 2.75) is 32.2 Å². The van der Waals surface area contributed by atoms with Crippen LogP contribution in [0.3, 0.4) is 0 Å². The number of benzene rings is 1. The minimum atomic E-state index is 0.491. The number of nitrogens with zero attached hydrogens (tertiary/aromatic N) is 3. The van der Waals surface area contributed by atoms with E-state index in [2.05, 4.69) is 47.5 Å². The molecule has 8 heteroatoms. The maximum atomic E-state index is 5.98. The Bertz CT molecular complexity index is 938. The van der Waals surface area contributed by atoms with Crippen molar-refractivity contribution < 1.29 is 0 Å². The predicted molar refractivity (Wildman–Crippen MR) is 126 cm³/mol. The summed E-state index contributed by atoms with van der Waals surface area (Å²) in [7, 11) is 1.88. The maximum Gasteiger partial charge on any atom is 0.143 e. The van der Waals surface area contributed by atoms with Crippen molar-refractivity contribution in [3.8, 4) is 11.1 Å². The standard InChI is InChI=1S/C14H16N6S.C8H15N/c1-16-21-20-6-9-3-2-4-10(5-9)11-7-17-14-12(11)13(15)18-8-19-14;1-3-8(4-1)7-9-5-2-6-9/h2-5,7-8,16,20H,6H2,1H3,(H3,15,17,18,19);8H,1-7H2. The average molecular weight is 426 g/mol. The fourth-order valence-electron chi connectivity index (χ4n) is 3.86. The maximum absolute atomic E-state index is 5.98. The van der Waals surface area contributed by atoms with Gasteiger partial charge in [0, 0.05) is 37.0 Å². The Hall–Kier alpha value is -2.13. The Morgan fingerprint density at radius 1 is 1.23 bits per heavy atom. The normalized spacial score (nSPS) is 16.6. The molecule has 0 amide bonds. The third-order valence-corrected chi connectivity index (χ3v) is 6.37. The lowest BCUT2D eigenvalue weighted by molar-refractivity contribution is 0.121. The zero-order valence-electron chi connectivity index (χ0n) is 17.5. The highest BCUT2D eigenvalue weighted by atomic mass is 32.2. The molecule has 30 heavy (non-hydrogen) atoms. The molecule has 1 saturated heterocycles. The van der Waals surface area contributed by atoms with Crippen molar-refractivity contribution in [2.75, 3.05) is 32.4 Å². The van der Waals surface area contributed by atoms with Crippen molar-refractivity contribution in [2.24, 2.45) is 5.92 Å². The van der Waals surface area contributed by atoms with Gasteiger partial charge in [0.1, 0.15) is 17.8 Å². The Kier molecular flexibility index (Phi) is 7.22. The molecule has 1 saturated carbocycles. The second-order valence-corrected chi connectivity index (χ2v) is 8.86. The first-order valence-corrected chi connectivity index (χ1v) is 11.5. The Labute approximate surface area is 182 Å². The van der Waals surface area contributed by atoms with Crippen LogP contribution in [-0.4, -0.2) is 46.5 Å². The zero-order valence-corrected chi connectivity index (χ0v) is 18.3. The fourth-order valence-corrected chi connectivity index (χ4v) is 4.24. The van der Waals surface area contributed by atoms with E-state index in [0.29, 0.717) is 5.82 Å². The zero-order chi connectivity index (χ0) is 20.8. The van der Waals surface area contributed by atoms with Gasteiger partial charge in [0.15, 0.2) is 0 Å². The molecule has 5 N–H and O–H groups in total. The molecule has 0 bridgehead atoms. The van der Waals surface area contributed by atoms with Gasteiger partial charge in [-0.15, -0.1) is 0 Å². The first kappa shape index (κ1) is 21.1. The summed E-state index contributed by atoms with van der Waals surface area (Å²) in [4.78, 5) is 14.0. The summed E-state index contributed by atoms with van der Waals surface area (Å²) < 4.78 is 6.20. The van der Waals surface area contributed by atoms with Gasteiger partial charge < -0.3 is 15.6 Å². The molecule has 0 atom stereocenters. The number of nitrogen functional groups attached to an aromatic ring is 1. The Morgan fingerprint density at radius 2 is 2.10 bits per heavy atom. The van der Waals surface area contributed by atoms with Crippen LogP contribution in [0.25, 0.3) is 22.2 Å². The molecular formula is C22H31N7S. The van der Waals surface area contributed by atoms with Crippen LogP contribution in [-0.2, 0) is 6.54 Å². The number of hydrogen-bond acceptors (Lipinski definition) is 7. The summed E-state index contributed by atoms with van der Waals surface area (Å²) in [5.41, 5.74) is 10.0. The molecule has 2 fully saturated rings. The van der Waals surface area contributed by atoms with Crippen LogP contribution < -0.4 is 15.2 Å². The van der Waals surface area contributed by atoms with Gasteiger partial charge in [0.05, 0.1) is 5.39 Å². The van der Waals surface area contributed by atoms with Crippen molar-refractivity contribution in [3.63, 3.8) is 0 Å². The number of H-pyrrole nitrogens is 1. The number of rotatable bonds is 7. The van der Waals surface area contributed by atoms with Crippen LogP contribution in [0.5, 0.6) is 0 Å². The molecule has 2 aliphatic rings. The molecule has 0 unspecified atom stereocenters. The summed E-state index contributed by atoms with van der Waals surface area (Å²) in [6, 6.07) is 8.32. The van der Waals surface area contributed by atoms with E-state index in [1.165, 1.54) is 69.3 Å². The molecule has 1 aliphatic heterocycles. The van der Waals surface area contributed by atoms with Gasteiger partial charge in [-0.3, -0.25) is 4.72 Å². The smallest absolute Gasteiger partial charge is 0.143 e. The third kappa shape index (κ3) is 5.13. The molecule has 1 aromatic carbocycles. The van der Waals surface area contributed by atoms with Crippen LogP contribution in [0, 0.1) is 5.92 Å². The van der Waals surface area contributed by atoms with Gasteiger partial charge in [-0.25, -0.2) is 14.7 Å². The van der Waals surface area contributed by atoms with Crippen LogP contribution in [0.4, 0.5) is 5.82 Å². The number of nitrogens with two attached hydrogens (primary N) is 1. The van der Waals surface area contributed by atoms with Gasteiger partial charge in [-0.1, -0.05) is 24.6 Å². The van der Waals surface area contributed by atoms with Gasteiger partial charge in [0.25, 0.3) is 0 Å². The summed E-state index contributed by atoms with van der Waals surface area (Å²) in [5.74, 6) is 1.58. The molecule has 3 aromatic rings. The Morgan fingerprint density at radius 3 is 2.80 bits per heavy atom. The van der Waals surface area contributed by atoms with E-state index in [9.17, 15) is 0 Å². The second kappa shape index (κ2) is 10.3. The molecule has 0 radical (unpaired) electrons. The lowest BCUT2D eigenvalue weighted by Gasteiger charge is -2.37. The first-order chi connectivity index (χ1) is 14.7. The minimum absolute atomic E-state index is 0.491. The van der Waals surface area contributed by atoms with E-state index in [4.69, 9.17) is 5.73 Å². The predicted octanol–water partition coefficient (Wildman–Crippen LogP) is 3.57. The number of fused-ring (bicyclic) bond motifs is 1. The monoisotopic (exact) mass is 425 g/mol. The molecule has 3 heterocycles. The quantitative estimate of drug-likeness (QED) is 0.339. The molecule has 0 spiro atoms. The van der Waals surface area contributed by atoms with E-state index in [0.717, 1.165) is 34.6 Å². The van der Waals surface area contributed by atoms with Crippen LogP contribution in [0.15, 0.2) is 36.8 Å². The van der Waals surface area contributed by atoms with Crippen molar-refractivity contribution in [1.82, 2.24) is 29.3 Å². The van der Waals surface area contributed by atoms with E-state index < -0.39 is 0 Å². The largest absolute Gasteiger partial charge is 0.383 e. The van der Waals surface area contributed by atoms with Crippen LogP contribution in [0.2, 0.25) is 0 Å². The lowest BCUT2D eigenvalue weighted by atomic mass is 9.84. The topological polar surface area (TPSA) is 94.9 Å². The van der Waals surface area contributed by atoms with E-state index in [1.807, 2.05) is 19.3 Å². The molecule has 2 aromatic heterocycles.